The van der Waals surface area contributed by atoms with Gasteiger partial charge in [-0.15, -0.1) is 0 Å². The van der Waals surface area contributed by atoms with Crippen molar-refractivity contribution in [1.29, 1.82) is 0 Å². The van der Waals surface area contributed by atoms with Crippen LogP contribution in [0.4, 0.5) is 5.69 Å². The van der Waals surface area contributed by atoms with Crippen LogP contribution in [0.1, 0.15) is 26.3 Å². The largest absolute Gasteiger partial charge is 0.327 e. The molecular weight excluding hydrogens is 284 g/mol. The van der Waals surface area contributed by atoms with Gasteiger partial charge in [-0.2, -0.15) is 0 Å². The molecule has 0 fully saturated rings. The molecule has 0 spiro atoms. The molecule has 0 saturated heterocycles. The summed E-state index contributed by atoms with van der Waals surface area (Å²) in [5, 5.41) is 10.6. The number of nitro benzene ring substituents is 1. The van der Waals surface area contributed by atoms with Crippen molar-refractivity contribution >= 4 is 21.6 Å². The van der Waals surface area contributed by atoms with Crippen molar-refractivity contribution < 1.29 is 4.92 Å². The Balaban J connectivity index is 2.90. The fourth-order valence-electron chi connectivity index (χ4n) is 1.36. The van der Waals surface area contributed by atoms with Crippen molar-refractivity contribution in [2.75, 3.05) is 0 Å². The summed E-state index contributed by atoms with van der Waals surface area (Å²) in [4.78, 5) is 10.2. The van der Waals surface area contributed by atoms with E-state index in [4.69, 9.17) is 5.73 Å². The molecule has 17 heavy (non-hydrogen) atoms. The highest BCUT2D eigenvalue weighted by molar-refractivity contribution is 9.10. The van der Waals surface area contributed by atoms with Crippen molar-refractivity contribution in [3.63, 3.8) is 0 Å². The van der Waals surface area contributed by atoms with Gasteiger partial charge in [0.15, 0.2) is 0 Å². The summed E-state index contributed by atoms with van der Waals surface area (Å²) in [6.45, 7) is 6.24. The molecule has 4 nitrogen and oxygen atoms in total. The van der Waals surface area contributed by atoms with E-state index in [2.05, 4.69) is 36.7 Å². The zero-order valence-electron chi connectivity index (χ0n) is 10.2. The van der Waals surface area contributed by atoms with Gasteiger partial charge in [0, 0.05) is 22.6 Å². The summed E-state index contributed by atoms with van der Waals surface area (Å²) in [5.74, 6) is 0. The lowest BCUT2D eigenvalue weighted by Gasteiger charge is -2.27. The molecule has 2 N–H and O–H groups in total. The highest BCUT2D eigenvalue weighted by atomic mass is 79.9. The fourth-order valence-corrected chi connectivity index (χ4v) is 1.89. The van der Waals surface area contributed by atoms with Gasteiger partial charge in [0.05, 0.1) is 4.92 Å². The SMILES string of the molecule is CC(C)(C)C(N)Cc1ccc([N+](=O)[O-])cc1Br. The molecule has 0 bridgehead atoms. The van der Waals surface area contributed by atoms with E-state index < -0.39 is 4.92 Å². The monoisotopic (exact) mass is 300 g/mol. The molecular formula is C12H17BrN2O2. The lowest BCUT2D eigenvalue weighted by Crippen LogP contribution is -2.36. The number of hydrogen-bond acceptors (Lipinski definition) is 3. The van der Waals surface area contributed by atoms with Crippen molar-refractivity contribution in [1.82, 2.24) is 0 Å². The molecule has 1 atom stereocenters. The normalized spacial score (nSPS) is 13.5. The standard InChI is InChI=1S/C12H17BrN2O2/c1-12(2,3)11(14)6-8-4-5-9(15(16)17)7-10(8)13/h4-5,7,11H,6,14H2,1-3H3. The van der Waals surface area contributed by atoms with E-state index in [1.165, 1.54) is 12.1 Å². The van der Waals surface area contributed by atoms with E-state index in [1.54, 1.807) is 6.07 Å². The first-order chi connectivity index (χ1) is 7.71. The maximum atomic E-state index is 10.6. The molecule has 1 unspecified atom stereocenters. The molecule has 0 amide bonds. The van der Waals surface area contributed by atoms with Gasteiger partial charge in [-0.1, -0.05) is 42.8 Å². The second-order valence-corrected chi connectivity index (χ2v) is 6.06. The average molecular weight is 301 g/mol. The van der Waals surface area contributed by atoms with Gasteiger partial charge in [-0.25, -0.2) is 0 Å². The maximum Gasteiger partial charge on any atom is 0.270 e. The predicted molar refractivity (Wildman–Crippen MR) is 71.9 cm³/mol. The number of nitro groups is 1. The Kier molecular flexibility index (Phi) is 4.27. The Hall–Kier alpha value is -0.940. The van der Waals surface area contributed by atoms with Gasteiger partial charge in [0.2, 0.25) is 0 Å². The van der Waals surface area contributed by atoms with Gasteiger partial charge in [0.1, 0.15) is 0 Å². The molecule has 0 radical (unpaired) electrons. The highest BCUT2D eigenvalue weighted by Crippen LogP contribution is 2.27. The third kappa shape index (κ3) is 3.78. The minimum Gasteiger partial charge on any atom is -0.327 e. The number of halogens is 1. The van der Waals surface area contributed by atoms with Crippen LogP contribution in [0.25, 0.3) is 0 Å². The van der Waals surface area contributed by atoms with Crippen LogP contribution in [0, 0.1) is 15.5 Å². The van der Waals surface area contributed by atoms with Crippen molar-refractivity contribution in [3.8, 4) is 0 Å². The molecule has 94 valence electrons. The molecule has 0 aromatic heterocycles. The third-order valence-electron chi connectivity index (χ3n) is 2.80. The Labute approximate surface area is 109 Å². The maximum absolute atomic E-state index is 10.6. The van der Waals surface area contributed by atoms with Gasteiger partial charge < -0.3 is 5.73 Å². The molecule has 0 aliphatic heterocycles. The Bertz CT molecular complexity index is 427. The number of non-ortho nitro benzene ring substituents is 1. The summed E-state index contributed by atoms with van der Waals surface area (Å²) < 4.78 is 0.742. The molecule has 1 aromatic carbocycles. The van der Waals surface area contributed by atoms with Crippen LogP contribution in [0.2, 0.25) is 0 Å². The number of hydrogen-bond donors (Lipinski definition) is 1. The van der Waals surface area contributed by atoms with Crippen LogP contribution in [-0.2, 0) is 6.42 Å². The Morgan fingerprint density at radius 2 is 2.06 bits per heavy atom. The smallest absolute Gasteiger partial charge is 0.270 e. The zero-order chi connectivity index (χ0) is 13.2. The molecule has 1 rings (SSSR count). The van der Waals surface area contributed by atoms with E-state index in [9.17, 15) is 10.1 Å². The van der Waals surface area contributed by atoms with Crippen molar-refractivity contribution in [3.05, 3.63) is 38.3 Å². The Morgan fingerprint density at radius 3 is 2.47 bits per heavy atom. The molecule has 0 aliphatic rings. The summed E-state index contributed by atoms with van der Waals surface area (Å²) in [5.41, 5.74) is 7.20. The summed E-state index contributed by atoms with van der Waals surface area (Å²) in [6, 6.07) is 4.80. The van der Waals surface area contributed by atoms with E-state index in [1.807, 2.05) is 0 Å². The van der Waals surface area contributed by atoms with E-state index in [-0.39, 0.29) is 17.1 Å². The summed E-state index contributed by atoms with van der Waals surface area (Å²) in [6.07, 6.45) is 0.697. The fraction of sp³-hybridized carbons (Fsp3) is 0.500. The van der Waals surface area contributed by atoms with Crippen LogP contribution in [0.3, 0.4) is 0 Å². The lowest BCUT2D eigenvalue weighted by molar-refractivity contribution is -0.384. The van der Waals surface area contributed by atoms with Crippen molar-refractivity contribution in [2.45, 2.75) is 33.2 Å². The first-order valence-corrected chi connectivity index (χ1v) is 6.19. The molecule has 5 heteroatoms. The third-order valence-corrected chi connectivity index (χ3v) is 3.54. The summed E-state index contributed by atoms with van der Waals surface area (Å²) >= 11 is 3.35. The van der Waals surface area contributed by atoms with E-state index in [0.29, 0.717) is 6.42 Å². The van der Waals surface area contributed by atoms with Gasteiger partial charge in [-0.05, 0) is 17.4 Å². The van der Waals surface area contributed by atoms with E-state index >= 15 is 0 Å². The van der Waals surface area contributed by atoms with E-state index in [0.717, 1.165) is 10.0 Å². The lowest BCUT2D eigenvalue weighted by atomic mass is 9.84. The first-order valence-electron chi connectivity index (χ1n) is 5.40. The molecule has 0 saturated carbocycles. The number of nitrogens with two attached hydrogens (primary N) is 1. The van der Waals surface area contributed by atoms with Crippen LogP contribution in [0.15, 0.2) is 22.7 Å². The minimum absolute atomic E-state index is 0.0141. The molecule has 1 aromatic rings. The van der Waals surface area contributed by atoms with Crippen molar-refractivity contribution in [2.24, 2.45) is 11.1 Å². The molecule has 0 aliphatic carbocycles. The number of benzene rings is 1. The number of rotatable bonds is 3. The average Bonchev–Trinajstić information content (AvgIpc) is 2.19. The number of nitrogens with zero attached hydrogens (tertiary/aromatic N) is 1. The second-order valence-electron chi connectivity index (χ2n) is 5.21. The highest BCUT2D eigenvalue weighted by Gasteiger charge is 2.22. The summed E-state index contributed by atoms with van der Waals surface area (Å²) in [7, 11) is 0. The van der Waals surface area contributed by atoms with Crippen LogP contribution >= 0.6 is 15.9 Å². The first kappa shape index (κ1) is 14.1. The van der Waals surface area contributed by atoms with Crippen LogP contribution < -0.4 is 5.73 Å². The predicted octanol–water partition coefficient (Wildman–Crippen LogP) is 3.27. The molecule has 0 heterocycles. The minimum atomic E-state index is -0.405. The Morgan fingerprint density at radius 1 is 1.47 bits per heavy atom. The van der Waals surface area contributed by atoms with Crippen LogP contribution in [-0.4, -0.2) is 11.0 Å². The quantitative estimate of drug-likeness (QED) is 0.688. The zero-order valence-corrected chi connectivity index (χ0v) is 11.8. The van der Waals surface area contributed by atoms with Gasteiger partial charge in [-0.3, -0.25) is 10.1 Å². The van der Waals surface area contributed by atoms with Crippen LogP contribution in [0.5, 0.6) is 0 Å². The second kappa shape index (κ2) is 5.14. The van der Waals surface area contributed by atoms with Gasteiger partial charge in [0.25, 0.3) is 5.69 Å². The van der Waals surface area contributed by atoms with Gasteiger partial charge >= 0.3 is 0 Å². The topological polar surface area (TPSA) is 69.2 Å².